The van der Waals surface area contributed by atoms with E-state index in [4.69, 9.17) is 4.42 Å². The second-order valence-corrected chi connectivity index (χ2v) is 6.42. The van der Waals surface area contributed by atoms with Crippen LogP contribution in [0.3, 0.4) is 0 Å². The molecule has 0 radical (unpaired) electrons. The second kappa shape index (κ2) is 6.98. The van der Waals surface area contributed by atoms with Gasteiger partial charge in [0.05, 0.1) is 21.5 Å². The van der Waals surface area contributed by atoms with Crippen LogP contribution in [0.25, 0.3) is 34.0 Å². The highest BCUT2D eigenvalue weighted by Crippen LogP contribution is 2.33. The van der Waals surface area contributed by atoms with E-state index in [1.165, 1.54) is 18.2 Å². The molecule has 29 heavy (non-hydrogen) atoms. The maximum Gasteiger partial charge on any atom is 0.270 e. The van der Waals surface area contributed by atoms with E-state index < -0.39 is 10.7 Å². The number of fused-ring (bicyclic) bond motifs is 1. The number of aryl methyl sites for hydroxylation is 1. The standard InChI is InChI=1S/C21H14N4O4/c1-12-2-5-17-18(8-12)24-21(23-17)13(11-22)9-15-4-7-20(29-15)16-10-14(25(27)28)3-6-19(16)26/h2-10,26H,1H3,(H,23,24)/p-1/b13-9+. The lowest BCUT2D eigenvalue weighted by atomic mass is 10.1. The van der Waals surface area contributed by atoms with E-state index in [-0.39, 0.29) is 22.6 Å². The van der Waals surface area contributed by atoms with Gasteiger partial charge in [-0.1, -0.05) is 17.9 Å². The summed E-state index contributed by atoms with van der Waals surface area (Å²) in [7, 11) is 0. The summed E-state index contributed by atoms with van der Waals surface area (Å²) >= 11 is 0. The van der Waals surface area contributed by atoms with Gasteiger partial charge in [0.15, 0.2) is 0 Å². The fourth-order valence-electron chi connectivity index (χ4n) is 2.95. The first kappa shape index (κ1) is 18.0. The normalized spacial score (nSPS) is 11.5. The van der Waals surface area contributed by atoms with E-state index in [0.29, 0.717) is 11.6 Å². The molecule has 142 valence electrons. The van der Waals surface area contributed by atoms with Crippen molar-refractivity contribution in [3.8, 4) is 23.1 Å². The number of furan rings is 1. The first-order chi connectivity index (χ1) is 13.9. The van der Waals surface area contributed by atoms with Crippen LogP contribution in [-0.2, 0) is 0 Å². The molecule has 0 saturated carbocycles. The maximum absolute atomic E-state index is 12.1. The molecule has 8 nitrogen and oxygen atoms in total. The van der Waals surface area contributed by atoms with Crippen molar-refractivity contribution in [1.82, 2.24) is 9.97 Å². The number of non-ortho nitro benzene ring substituents is 1. The van der Waals surface area contributed by atoms with Gasteiger partial charge < -0.3 is 14.5 Å². The van der Waals surface area contributed by atoms with Gasteiger partial charge in [0.1, 0.15) is 23.4 Å². The van der Waals surface area contributed by atoms with Gasteiger partial charge >= 0.3 is 0 Å². The van der Waals surface area contributed by atoms with Crippen LogP contribution >= 0.6 is 0 Å². The Bertz CT molecular complexity index is 1320. The molecular weight excluding hydrogens is 372 g/mol. The van der Waals surface area contributed by atoms with Crippen LogP contribution in [0.15, 0.2) is 52.9 Å². The van der Waals surface area contributed by atoms with Crippen molar-refractivity contribution >= 4 is 28.4 Å². The summed E-state index contributed by atoms with van der Waals surface area (Å²) in [6, 6.07) is 14.4. The van der Waals surface area contributed by atoms with Gasteiger partial charge in [0, 0.05) is 23.8 Å². The molecule has 0 amide bonds. The molecule has 0 atom stereocenters. The first-order valence-corrected chi connectivity index (χ1v) is 8.59. The van der Waals surface area contributed by atoms with Crippen LogP contribution in [0, 0.1) is 28.4 Å². The van der Waals surface area contributed by atoms with Gasteiger partial charge in [0.25, 0.3) is 5.69 Å². The number of aromatic amines is 1. The van der Waals surface area contributed by atoms with Crippen LogP contribution in [0.2, 0.25) is 0 Å². The summed E-state index contributed by atoms with van der Waals surface area (Å²) in [5.74, 6) is 0.501. The van der Waals surface area contributed by atoms with Crippen molar-refractivity contribution in [2.24, 2.45) is 0 Å². The van der Waals surface area contributed by atoms with Crippen molar-refractivity contribution < 1.29 is 14.4 Å². The highest BCUT2D eigenvalue weighted by molar-refractivity contribution is 5.90. The molecule has 0 unspecified atom stereocenters. The molecule has 0 aliphatic carbocycles. The van der Waals surface area contributed by atoms with Crippen LogP contribution in [0.1, 0.15) is 17.1 Å². The van der Waals surface area contributed by atoms with E-state index in [2.05, 4.69) is 16.0 Å². The fraction of sp³-hybridized carbons (Fsp3) is 0.0476. The fourth-order valence-corrected chi connectivity index (χ4v) is 2.95. The monoisotopic (exact) mass is 385 g/mol. The van der Waals surface area contributed by atoms with Crippen LogP contribution < -0.4 is 5.11 Å². The molecule has 4 aromatic rings. The Morgan fingerprint density at radius 1 is 1.24 bits per heavy atom. The van der Waals surface area contributed by atoms with Crippen molar-refractivity contribution in [2.45, 2.75) is 6.92 Å². The predicted octanol–water partition coefficient (Wildman–Crippen LogP) is 4.18. The molecule has 2 aromatic carbocycles. The molecule has 0 saturated heterocycles. The minimum Gasteiger partial charge on any atom is -0.872 e. The van der Waals surface area contributed by atoms with Crippen molar-refractivity contribution in [3.05, 3.63) is 75.8 Å². The quantitative estimate of drug-likeness (QED) is 0.318. The number of nitriles is 1. The number of allylic oxidation sites excluding steroid dienone is 1. The lowest BCUT2D eigenvalue weighted by Crippen LogP contribution is -1.95. The molecule has 1 N–H and O–H groups in total. The Morgan fingerprint density at radius 3 is 2.83 bits per heavy atom. The number of hydrogen-bond acceptors (Lipinski definition) is 6. The third-order valence-electron chi connectivity index (χ3n) is 4.37. The topological polar surface area (TPSA) is 132 Å². The number of benzene rings is 2. The Kier molecular flexibility index (Phi) is 4.33. The molecule has 2 heterocycles. The van der Waals surface area contributed by atoms with E-state index in [0.717, 1.165) is 28.7 Å². The van der Waals surface area contributed by atoms with Gasteiger partial charge in [-0.05, 0) is 36.8 Å². The highest BCUT2D eigenvalue weighted by Gasteiger charge is 2.13. The number of H-pyrrole nitrogens is 1. The number of rotatable bonds is 4. The molecule has 0 aliphatic heterocycles. The molecule has 4 rings (SSSR count). The Morgan fingerprint density at radius 2 is 2.07 bits per heavy atom. The Hall–Kier alpha value is -4.38. The third-order valence-corrected chi connectivity index (χ3v) is 4.37. The number of imidazole rings is 1. The van der Waals surface area contributed by atoms with E-state index in [1.807, 2.05) is 25.1 Å². The lowest BCUT2D eigenvalue weighted by molar-refractivity contribution is -0.385. The number of nitrogens with one attached hydrogen (secondary N) is 1. The molecule has 0 fully saturated rings. The number of aromatic nitrogens is 2. The number of nitrogens with zero attached hydrogens (tertiary/aromatic N) is 3. The second-order valence-electron chi connectivity index (χ2n) is 6.42. The van der Waals surface area contributed by atoms with Crippen molar-refractivity contribution in [3.63, 3.8) is 0 Å². The SMILES string of the molecule is Cc1ccc2nc(/C(C#N)=C/c3ccc(-c4cc([N+](=O)[O-])ccc4[O-])o3)[nH]c2c1. The molecule has 0 bridgehead atoms. The lowest BCUT2D eigenvalue weighted by Gasteiger charge is -2.10. The highest BCUT2D eigenvalue weighted by atomic mass is 16.6. The molecule has 0 aliphatic rings. The van der Waals surface area contributed by atoms with Crippen LogP contribution in [-0.4, -0.2) is 14.9 Å². The Labute approximate surface area is 164 Å². The summed E-state index contributed by atoms with van der Waals surface area (Å²) in [5, 5.41) is 32.6. The average molecular weight is 385 g/mol. The third kappa shape index (κ3) is 3.44. The summed E-state index contributed by atoms with van der Waals surface area (Å²) in [4.78, 5) is 17.9. The predicted molar refractivity (Wildman–Crippen MR) is 105 cm³/mol. The zero-order valence-electron chi connectivity index (χ0n) is 15.2. The molecule has 2 aromatic heterocycles. The van der Waals surface area contributed by atoms with Crippen molar-refractivity contribution in [2.75, 3.05) is 0 Å². The van der Waals surface area contributed by atoms with Gasteiger partial charge in [-0.3, -0.25) is 10.1 Å². The number of nitro groups is 1. The van der Waals surface area contributed by atoms with E-state index in [1.54, 1.807) is 6.07 Å². The summed E-state index contributed by atoms with van der Waals surface area (Å²) < 4.78 is 5.64. The van der Waals surface area contributed by atoms with Gasteiger partial charge in [-0.25, -0.2) is 4.98 Å². The van der Waals surface area contributed by atoms with Gasteiger partial charge in [-0.2, -0.15) is 5.26 Å². The maximum atomic E-state index is 12.1. The average Bonchev–Trinajstić information content (AvgIpc) is 3.32. The number of hydrogen-bond donors (Lipinski definition) is 1. The van der Waals surface area contributed by atoms with Crippen molar-refractivity contribution in [1.29, 1.82) is 5.26 Å². The van der Waals surface area contributed by atoms with Gasteiger partial charge in [0.2, 0.25) is 0 Å². The van der Waals surface area contributed by atoms with Crippen LogP contribution in [0.4, 0.5) is 5.69 Å². The summed E-state index contributed by atoms with van der Waals surface area (Å²) in [6.07, 6.45) is 1.50. The molecular formula is C21H13N4O4-. The van der Waals surface area contributed by atoms with Crippen LogP contribution in [0.5, 0.6) is 5.75 Å². The number of nitro benzene ring substituents is 1. The minimum absolute atomic E-state index is 0.0802. The zero-order chi connectivity index (χ0) is 20.5. The first-order valence-electron chi connectivity index (χ1n) is 8.59. The van der Waals surface area contributed by atoms with E-state index in [9.17, 15) is 20.5 Å². The molecule has 0 spiro atoms. The smallest absolute Gasteiger partial charge is 0.270 e. The summed E-state index contributed by atoms with van der Waals surface area (Å²) in [5.41, 5.74) is 2.74. The minimum atomic E-state index is -0.580. The largest absolute Gasteiger partial charge is 0.872 e. The molecule has 8 heteroatoms. The Balaban J connectivity index is 1.71. The zero-order valence-corrected chi connectivity index (χ0v) is 15.2. The van der Waals surface area contributed by atoms with Gasteiger partial charge in [-0.15, -0.1) is 0 Å². The summed E-state index contributed by atoms with van der Waals surface area (Å²) in [6.45, 7) is 1.96. The van der Waals surface area contributed by atoms with E-state index >= 15 is 0 Å².